The lowest BCUT2D eigenvalue weighted by Gasteiger charge is -2.21. The quantitative estimate of drug-likeness (QED) is 0.254. The zero-order chi connectivity index (χ0) is 27.7. The summed E-state index contributed by atoms with van der Waals surface area (Å²) in [6.07, 6.45) is -0.155. The fourth-order valence-electron chi connectivity index (χ4n) is 4.56. The van der Waals surface area contributed by atoms with Gasteiger partial charge in [-0.15, -0.1) is 11.3 Å². The first-order valence-electron chi connectivity index (χ1n) is 12.1. The molecule has 6 nitrogen and oxygen atoms in total. The number of halogens is 4. The van der Waals surface area contributed by atoms with Crippen LogP contribution in [0.4, 0.5) is 17.6 Å². The molecule has 1 aliphatic rings. The molecule has 202 valence electrons. The second kappa shape index (κ2) is 10.6. The number of ether oxygens (including phenoxy) is 1. The highest BCUT2D eigenvalue weighted by Crippen LogP contribution is 2.42. The Bertz CT molecular complexity index is 1580. The van der Waals surface area contributed by atoms with Crippen molar-refractivity contribution in [3.8, 4) is 16.9 Å². The number of carbonyl (C=O) groups is 1. The average Bonchev–Trinajstić information content (AvgIpc) is 3.68. The Labute approximate surface area is 225 Å². The Morgan fingerprint density at radius 2 is 2.03 bits per heavy atom. The van der Waals surface area contributed by atoms with Crippen molar-refractivity contribution in [3.05, 3.63) is 99.3 Å². The molecule has 5 rings (SSSR count). The van der Waals surface area contributed by atoms with Crippen LogP contribution in [-0.2, 0) is 12.7 Å². The topological polar surface area (TPSA) is 80.0 Å². The minimum atomic E-state index is -4.69. The minimum Gasteiger partial charge on any atom is -0.494 e. The van der Waals surface area contributed by atoms with Crippen molar-refractivity contribution < 1.29 is 27.1 Å². The lowest BCUT2D eigenvalue weighted by Crippen LogP contribution is -2.30. The Balaban J connectivity index is 1.55. The molecule has 0 radical (unpaired) electrons. The molecule has 0 aliphatic heterocycles. The third kappa shape index (κ3) is 5.88. The van der Waals surface area contributed by atoms with Gasteiger partial charge in [0.2, 0.25) is 0 Å². The van der Waals surface area contributed by atoms with Gasteiger partial charge in [0.05, 0.1) is 13.2 Å². The van der Waals surface area contributed by atoms with E-state index < -0.39 is 29.6 Å². The summed E-state index contributed by atoms with van der Waals surface area (Å²) in [5, 5.41) is 12.8. The van der Waals surface area contributed by atoms with E-state index in [9.17, 15) is 22.4 Å². The number of methoxy groups -OCH3 is 1. The van der Waals surface area contributed by atoms with Gasteiger partial charge in [-0.1, -0.05) is 12.1 Å². The van der Waals surface area contributed by atoms with Gasteiger partial charge in [-0.2, -0.15) is 13.2 Å². The van der Waals surface area contributed by atoms with Crippen LogP contribution in [0.2, 0.25) is 0 Å². The molecule has 1 atom stereocenters. The van der Waals surface area contributed by atoms with Crippen LogP contribution in [0.1, 0.15) is 46.1 Å². The van der Waals surface area contributed by atoms with E-state index in [1.165, 1.54) is 42.7 Å². The van der Waals surface area contributed by atoms with Gasteiger partial charge in [0.1, 0.15) is 0 Å². The molecule has 2 heterocycles. The number of nitrogens with one attached hydrogen (secondary N) is 2. The fraction of sp³-hybridized carbons (Fsp3) is 0.250. The van der Waals surface area contributed by atoms with Gasteiger partial charge in [-0.05, 0) is 71.8 Å². The number of rotatable bonds is 8. The second-order valence-corrected chi connectivity index (χ2v) is 10.2. The summed E-state index contributed by atoms with van der Waals surface area (Å²) < 4.78 is 62.1. The summed E-state index contributed by atoms with van der Waals surface area (Å²) in [7, 11) is 1.36. The molecular formula is C28H24F4N4O2S. The van der Waals surface area contributed by atoms with Crippen LogP contribution in [0.3, 0.4) is 0 Å². The van der Waals surface area contributed by atoms with E-state index in [4.69, 9.17) is 10.1 Å². The molecule has 2 N–H and O–H groups in total. The lowest BCUT2D eigenvalue weighted by molar-refractivity contribution is -0.140. The van der Waals surface area contributed by atoms with Crippen molar-refractivity contribution in [2.45, 2.75) is 31.6 Å². The number of alkyl halides is 3. The van der Waals surface area contributed by atoms with Crippen LogP contribution in [0.25, 0.3) is 11.1 Å². The molecule has 1 saturated carbocycles. The third-order valence-electron chi connectivity index (χ3n) is 6.59. The summed E-state index contributed by atoms with van der Waals surface area (Å²) >= 11 is 1.22. The number of amides is 1. The molecule has 1 amide bonds. The van der Waals surface area contributed by atoms with Crippen molar-refractivity contribution in [2.75, 3.05) is 7.11 Å². The molecule has 0 bridgehead atoms. The Morgan fingerprint density at radius 1 is 1.23 bits per heavy atom. The van der Waals surface area contributed by atoms with E-state index in [0.717, 1.165) is 19.0 Å². The molecule has 1 aliphatic carbocycles. The number of hydrogen-bond donors (Lipinski definition) is 2. The van der Waals surface area contributed by atoms with Gasteiger partial charge >= 0.3 is 6.18 Å². The van der Waals surface area contributed by atoms with E-state index in [-0.39, 0.29) is 39.7 Å². The lowest BCUT2D eigenvalue weighted by atomic mass is 9.97. The average molecular weight is 557 g/mol. The molecule has 0 saturated heterocycles. The van der Waals surface area contributed by atoms with Gasteiger partial charge in [0, 0.05) is 35.4 Å². The first kappa shape index (κ1) is 26.6. The zero-order valence-electron chi connectivity index (χ0n) is 20.8. The summed E-state index contributed by atoms with van der Waals surface area (Å²) in [6, 6.07) is 11.4. The minimum absolute atomic E-state index is 0.0620. The molecule has 4 aromatic rings. The van der Waals surface area contributed by atoms with Crippen LogP contribution >= 0.6 is 11.3 Å². The van der Waals surface area contributed by atoms with Crippen LogP contribution in [0.15, 0.2) is 66.3 Å². The van der Waals surface area contributed by atoms with Gasteiger partial charge < -0.3 is 14.6 Å². The first-order valence-corrected chi connectivity index (χ1v) is 13.0. The first-order chi connectivity index (χ1) is 18.6. The Hall–Kier alpha value is -3.99. The SMILES string of the molecule is COc1cc([C@@H](NC(=O)c2cc(Cn3ccsc3=N)cc(-c3cccnc3C(F)(F)F)c2)C2CC2)ccc1F. The maximum atomic E-state index is 14.0. The van der Waals surface area contributed by atoms with Crippen LogP contribution in [-0.4, -0.2) is 22.6 Å². The number of aromatic nitrogens is 2. The van der Waals surface area contributed by atoms with Gasteiger partial charge in [0.25, 0.3) is 5.91 Å². The van der Waals surface area contributed by atoms with Crippen LogP contribution in [0.5, 0.6) is 5.75 Å². The van der Waals surface area contributed by atoms with E-state index in [2.05, 4.69) is 10.3 Å². The van der Waals surface area contributed by atoms with Crippen molar-refractivity contribution >= 4 is 17.2 Å². The predicted molar refractivity (Wildman–Crippen MR) is 138 cm³/mol. The van der Waals surface area contributed by atoms with Crippen molar-refractivity contribution in [3.63, 3.8) is 0 Å². The fourth-order valence-corrected chi connectivity index (χ4v) is 5.15. The van der Waals surface area contributed by atoms with Gasteiger partial charge in [-0.3, -0.25) is 15.2 Å². The van der Waals surface area contributed by atoms with E-state index >= 15 is 0 Å². The van der Waals surface area contributed by atoms with Gasteiger partial charge in [-0.25, -0.2) is 4.39 Å². The number of nitrogens with zero attached hydrogens (tertiary/aromatic N) is 2. The van der Waals surface area contributed by atoms with Gasteiger partial charge in [0.15, 0.2) is 22.1 Å². The maximum absolute atomic E-state index is 14.0. The number of pyridine rings is 1. The smallest absolute Gasteiger partial charge is 0.433 e. The Morgan fingerprint density at radius 3 is 2.69 bits per heavy atom. The summed E-state index contributed by atoms with van der Waals surface area (Å²) in [5.41, 5.74) is 0.391. The van der Waals surface area contributed by atoms with E-state index in [0.29, 0.717) is 11.1 Å². The molecule has 39 heavy (non-hydrogen) atoms. The third-order valence-corrected chi connectivity index (χ3v) is 7.31. The number of hydrogen-bond acceptors (Lipinski definition) is 5. The highest BCUT2D eigenvalue weighted by atomic mass is 32.1. The standard InChI is InChI=1S/C28H24F4N4O2S/c1-38-23-14-18(6-7-22(23)29)24(17-4-5-17)35-26(37)20-12-16(15-36-9-10-39-27(36)33)11-19(13-20)21-3-2-8-34-25(21)28(30,31)32/h2-3,6-14,17,24,33H,4-5,15H2,1H3,(H,35,37)/t24-/m0/s1. The van der Waals surface area contributed by atoms with Crippen LogP contribution < -0.4 is 14.9 Å². The monoisotopic (exact) mass is 556 g/mol. The van der Waals surface area contributed by atoms with Crippen LogP contribution in [0, 0.1) is 17.1 Å². The maximum Gasteiger partial charge on any atom is 0.433 e. The molecular weight excluding hydrogens is 532 g/mol. The van der Waals surface area contributed by atoms with E-state index in [1.54, 1.807) is 40.4 Å². The number of benzene rings is 2. The number of carbonyl (C=O) groups excluding carboxylic acids is 1. The summed E-state index contributed by atoms with van der Waals surface area (Å²) in [4.78, 5) is 17.4. The van der Waals surface area contributed by atoms with Crippen molar-refractivity contribution in [2.24, 2.45) is 5.92 Å². The summed E-state index contributed by atoms with van der Waals surface area (Å²) in [6.45, 7) is 0.194. The van der Waals surface area contributed by atoms with Crippen molar-refractivity contribution in [1.29, 1.82) is 5.41 Å². The molecule has 0 spiro atoms. The van der Waals surface area contributed by atoms with E-state index in [1.807, 2.05) is 0 Å². The molecule has 2 aromatic carbocycles. The molecule has 0 unspecified atom stereocenters. The predicted octanol–water partition coefficient (Wildman–Crippen LogP) is 6.19. The normalized spacial score (nSPS) is 14.2. The molecule has 11 heteroatoms. The number of thiazole rings is 1. The largest absolute Gasteiger partial charge is 0.494 e. The molecule has 2 aromatic heterocycles. The molecule has 1 fully saturated rings. The highest BCUT2D eigenvalue weighted by molar-refractivity contribution is 7.06. The highest BCUT2D eigenvalue weighted by Gasteiger charge is 2.36. The second-order valence-electron chi connectivity index (χ2n) is 9.33. The Kier molecular flexibility index (Phi) is 7.26. The van der Waals surface area contributed by atoms with Crippen molar-refractivity contribution in [1.82, 2.24) is 14.9 Å². The zero-order valence-corrected chi connectivity index (χ0v) is 21.6. The summed E-state index contributed by atoms with van der Waals surface area (Å²) in [5.74, 6) is -0.783.